The van der Waals surface area contributed by atoms with Gasteiger partial charge in [0.25, 0.3) is 5.91 Å². The van der Waals surface area contributed by atoms with Crippen LogP contribution in [0.4, 0.5) is 5.69 Å². The summed E-state index contributed by atoms with van der Waals surface area (Å²) in [5.41, 5.74) is 4.05. The molecule has 4 rings (SSSR count). The fourth-order valence-electron chi connectivity index (χ4n) is 2.69. The molecule has 5 nitrogen and oxygen atoms in total. The molecule has 27 heavy (non-hydrogen) atoms. The third-order valence-corrected chi connectivity index (χ3v) is 4.08. The first-order chi connectivity index (χ1) is 13.2. The highest BCUT2D eigenvalue weighted by atomic mass is 16.5. The van der Waals surface area contributed by atoms with Gasteiger partial charge in [-0.2, -0.15) is 0 Å². The summed E-state index contributed by atoms with van der Waals surface area (Å²) in [6.45, 7) is 1.94. The Kier molecular flexibility index (Phi) is 4.58. The molecule has 0 aliphatic carbocycles. The number of benzene rings is 3. The Labute approximate surface area is 156 Å². The van der Waals surface area contributed by atoms with Gasteiger partial charge in [0.1, 0.15) is 11.3 Å². The minimum absolute atomic E-state index is 0.0603. The molecule has 3 aromatic carbocycles. The molecule has 1 heterocycles. The Balaban J connectivity index is 1.44. The van der Waals surface area contributed by atoms with Gasteiger partial charge in [-0.1, -0.05) is 35.9 Å². The molecule has 0 radical (unpaired) electrons. The molecule has 0 aliphatic heterocycles. The number of hydrogen-bond acceptors (Lipinski definition) is 4. The van der Waals surface area contributed by atoms with Crippen molar-refractivity contribution in [3.05, 3.63) is 78.4 Å². The summed E-state index contributed by atoms with van der Waals surface area (Å²) in [5.74, 6) is 0.980. The van der Waals surface area contributed by atoms with Gasteiger partial charge in [-0.25, -0.2) is 4.98 Å². The van der Waals surface area contributed by atoms with Gasteiger partial charge in [-0.05, 0) is 49.4 Å². The number of carbonyl (C=O) groups is 1. The first-order valence-corrected chi connectivity index (χ1v) is 8.63. The number of amides is 1. The number of rotatable bonds is 5. The fourth-order valence-corrected chi connectivity index (χ4v) is 2.69. The maximum Gasteiger partial charge on any atom is 0.262 e. The maximum atomic E-state index is 12.1. The lowest BCUT2D eigenvalue weighted by atomic mass is 10.2. The van der Waals surface area contributed by atoms with Crippen LogP contribution in [0, 0.1) is 6.92 Å². The van der Waals surface area contributed by atoms with Crippen LogP contribution < -0.4 is 10.1 Å². The van der Waals surface area contributed by atoms with Gasteiger partial charge in [-0.15, -0.1) is 0 Å². The van der Waals surface area contributed by atoms with Gasteiger partial charge in [0.2, 0.25) is 5.89 Å². The van der Waals surface area contributed by atoms with Crippen LogP contribution in [0.5, 0.6) is 5.75 Å². The number of aromatic nitrogens is 1. The second-order valence-corrected chi connectivity index (χ2v) is 6.22. The van der Waals surface area contributed by atoms with Crippen molar-refractivity contribution in [2.24, 2.45) is 0 Å². The minimum Gasteiger partial charge on any atom is -0.484 e. The summed E-state index contributed by atoms with van der Waals surface area (Å²) in [5, 5.41) is 2.82. The molecular weight excluding hydrogens is 340 g/mol. The number of nitrogens with zero attached hydrogens (tertiary/aromatic N) is 1. The van der Waals surface area contributed by atoms with E-state index >= 15 is 0 Å². The Morgan fingerprint density at radius 2 is 1.81 bits per heavy atom. The monoisotopic (exact) mass is 358 g/mol. The number of carbonyl (C=O) groups excluding carboxylic acids is 1. The highest BCUT2D eigenvalue weighted by molar-refractivity contribution is 5.94. The maximum absolute atomic E-state index is 12.1. The Bertz CT molecular complexity index is 1070. The molecular formula is C22H18N2O3. The van der Waals surface area contributed by atoms with E-state index in [-0.39, 0.29) is 12.5 Å². The van der Waals surface area contributed by atoms with Crippen molar-refractivity contribution in [3.8, 4) is 17.2 Å². The predicted octanol–water partition coefficient (Wildman–Crippen LogP) is 4.82. The Hall–Kier alpha value is -3.60. The molecule has 0 fully saturated rings. The normalized spacial score (nSPS) is 10.7. The smallest absolute Gasteiger partial charge is 0.262 e. The SMILES string of the molecule is Cc1ccc(OCC(=O)Nc2ccc3oc(-c4ccccc4)nc3c2)cc1. The molecule has 1 aromatic heterocycles. The predicted molar refractivity (Wildman–Crippen MR) is 105 cm³/mol. The topological polar surface area (TPSA) is 64.4 Å². The molecule has 1 N–H and O–H groups in total. The highest BCUT2D eigenvalue weighted by Gasteiger charge is 2.10. The molecule has 5 heteroatoms. The number of aryl methyl sites for hydroxylation is 1. The van der Waals surface area contributed by atoms with Crippen LogP contribution in [0.2, 0.25) is 0 Å². The van der Waals surface area contributed by atoms with Crippen molar-refractivity contribution in [2.45, 2.75) is 6.92 Å². The van der Waals surface area contributed by atoms with Gasteiger partial charge < -0.3 is 14.5 Å². The largest absolute Gasteiger partial charge is 0.484 e. The highest BCUT2D eigenvalue weighted by Crippen LogP contribution is 2.26. The van der Waals surface area contributed by atoms with Crippen LogP contribution in [0.25, 0.3) is 22.6 Å². The van der Waals surface area contributed by atoms with Crippen molar-refractivity contribution in [2.75, 3.05) is 11.9 Å². The van der Waals surface area contributed by atoms with Gasteiger partial charge in [0.05, 0.1) is 0 Å². The second-order valence-electron chi connectivity index (χ2n) is 6.22. The van der Waals surface area contributed by atoms with Crippen LogP contribution in [0.3, 0.4) is 0 Å². The summed E-state index contributed by atoms with van der Waals surface area (Å²) in [7, 11) is 0. The summed E-state index contributed by atoms with van der Waals surface area (Å²) < 4.78 is 11.3. The van der Waals surface area contributed by atoms with Crippen molar-refractivity contribution >= 4 is 22.7 Å². The number of nitrogens with one attached hydrogen (secondary N) is 1. The first kappa shape index (κ1) is 16.8. The van der Waals surface area contributed by atoms with E-state index in [0.717, 1.165) is 11.1 Å². The molecule has 0 atom stereocenters. The average molecular weight is 358 g/mol. The molecule has 134 valence electrons. The van der Waals surface area contributed by atoms with E-state index in [1.165, 1.54) is 0 Å². The average Bonchev–Trinajstić information content (AvgIpc) is 3.12. The molecule has 0 aliphatic rings. The molecule has 0 spiro atoms. The van der Waals surface area contributed by atoms with Gasteiger partial charge in [0, 0.05) is 11.3 Å². The number of oxazole rings is 1. The third-order valence-electron chi connectivity index (χ3n) is 4.08. The van der Waals surface area contributed by atoms with Crippen LogP contribution in [0.1, 0.15) is 5.56 Å². The second kappa shape index (κ2) is 7.33. The van der Waals surface area contributed by atoms with E-state index in [4.69, 9.17) is 9.15 Å². The number of hydrogen-bond donors (Lipinski definition) is 1. The molecule has 0 bridgehead atoms. The fraction of sp³-hybridized carbons (Fsp3) is 0.0909. The standard InChI is InChI=1S/C22H18N2O3/c1-15-7-10-18(11-8-15)26-14-21(25)23-17-9-12-20-19(13-17)24-22(27-20)16-5-3-2-4-6-16/h2-13H,14H2,1H3,(H,23,25). The van der Waals surface area contributed by atoms with E-state index in [1.807, 2.05) is 61.5 Å². The molecule has 0 saturated carbocycles. The van der Waals surface area contributed by atoms with E-state index in [1.54, 1.807) is 18.2 Å². The van der Waals surface area contributed by atoms with Crippen molar-refractivity contribution in [1.29, 1.82) is 0 Å². The number of ether oxygens (including phenoxy) is 1. The summed E-state index contributed by atoms with van der Waals surface area (Å²) in [6.07, 6.45) is 0. The lowest BCUT2D eigenvalue weighted by Crippen LogP contribution is -2.20. The van der Waals surface area contributed by atoms with E-state index in [2.05, 4.69) is 10.3 Å². The summed E-state index contributed by atoms with van der Waals surface area (Å²) in [4.78, 5) is 16.6. The summed E-state index contributed by atoms with van der Waals surface area (Å²) in [6, 6.07) is 22.6. The van der Waals surface area contributed by atoms with E-state index in [9.17, 15) is 4.79 Å². The van der Waals surface area contributed by atoms with E-state index < -0.39 is 0 Å². The molecule has 4 aromatic rings. The van der Waals surface area contributed by atoms with Gasteiger partial charge >= 0.3 is 0 Å². The third kappa shape index (κ3) is 3.98. The first-order valence-electron chi connectivity index (χ1n) is 8.63. The summed E-state index contributed by atoms with van der Waals surface area (Å²) >= 11 is 0. The zero-order valence-corrected chi connectivity index (χ0v) is 14.8. The molecule has 1 amide bonds. The zero-order chi connectivity index (χ0) is 18.6. The Morgan fingerprint density at radius 1 is 1.04 bits per heavy atom. The minimum atomic E-state index is -0.235. The van der Waals surface area contributed by atoms with Crippen molar-refractivity contribution in [3.63, 3.8) is 0 Å². The van der Waals surface area contributed by atoms with Crippen LogP contribution >= 0.6 is 0 Å². The van der Waals surface area contributed by atoms with Crippen LogP contribution in [-0.4, -0.2) is 17.5 Å². The molecule has 0 unspecified atom stereocenters. The van der Waals surface area contributed by atoms with Gasteiger partial charge in [0.15, 0.2) is 12.2 Å². The lowest BCUT2D eigenvalue weighted by molar-refractivity contribution is -0.118. The quantitative estimate of drug-likeness (QED) is 0.555. The van der Waals surface area contributed by atoms with Crippen molar-refractivity contribution in [1.82, 2.24) is 4.98 Å². The molecule has 0 saturated heterocycles. The van der Waals surface area contributed by atoms with Crippen LogP contribution in [-0.2, 0) is 4.79 Å². The Morgan fingerprint density at radius 3 is 2.59 bits per heavy atom. The number of anilines is 1. The number of fused-ring (bicyclic) bond motifs is 1. The van der Waals surface area contributed by atoms with E-state index in [0.29, 0.717) is 28.4 Å². The van der Waals surface area contributed by atoms with Crippen molar-refractivity contribution < 1.29 is 13.9 Å². The lowest BCUT2D eigenvalue weighted by Gasteiger charge is -2.07. The zero-order valence-electron chi connectivity index (χ0n) is 14.8. The van der Waals surface area contributed by atoms with Crippen LogP contribution in [0.15, 0.2) is 77.2 Å². The van der Waals surface area contributed by atoms with Gasteiger partial charge in [-0.3, -0.25) is 4.79 Å².